The van der Waals surface area contributed by atoms with Crippen LogP contribution in [0.3, 0.4) is 0 Å². The topological polar surface area (TPSA) is 43.4 Å². The largest absolute Gasteiger partial charge is 0.299 e. The van der Waals surface area contributed by atoms with Crippen LogP contribution in [0.4, 0.5) is 4.39 Å². The molecule has 34 heavy (non-hydrogen) atoms. The minimum atomic E-state index is -4.05. The van der Waals surface area contributed by atoms with Crippen molar-refractivity contribution in [1.82, 2.24) is 0 Å². The molecule has 0 bridgehead atoms. The smallest absolute Gasteiger partial charge is 0.268 e. The molecule has 0 saturated carbocycles. The first-order chi connectivity index (χ1) is 16.5. The predicted octanol–water partition coefficient (Wildman–Crippen LogP) is 10.4. The Bertz CT molecular complexity index is 496. The van der Waals surface area contributed by atoms with E-state index in [9.17, 15) is 12.8 Å². The highest BCUT2D eigenvalue weighted by atomic mass is 32.2. The first-order valence-corrected chi connectivity index (χ1v) is 16.5. The number of halogens is 1. The van der Waals surface area contributed by atoms with E-state index in [4.69, 9.17) is 4.18 Å². The predicted molar refractivity (Wildman–Crippen MR) is 147 cm³/mol. The number of hydrogen-bond donors (Lipinski definition) is 0. The molecule has 0 aliphatic heterocycles. The van der Waals surface area contributed by atoms with Gasteiger partial charge in [-0.25, -0.2) is 4.39 Å². The molecule has 0 aromatic carbocycles. The lowest BCUT2D eigenvalue weighted by atomic mass is 10.0. The normalized spacial score (nSPS) is 12.9. The van der Waals surface area contributed by atoms with E-state index >= 15 is 0 Å². The lowest BCUT2D eigenvalue weighted by Gasteiger charge is -2.10. The van der Waals surface area contributed by atoms with Crippen LogP contribution in [0.5, 0.6) is 0 Å². The van der Waals surface area contributed by atoms with Crippen LogP contribution >= 0.6 is 0 Å². The maximum Gasteiger partial charge on any atom is 0.299 e. The maximum atomic E-state index is 14.1. The Hall–Kier alpha value is -0.160. The maximum absolute atomic E-state index is 14.1. The summed E-state index contributed by atoms with van der Waals surface area (Å²) in [4.78, 5) is 0. The minimum Gasteiger partial charge on any atom is -0.268 e. The summed E-state index contributed by atoms with van der Waals surface area (Å²) in [5.41, 5.74) is -1.87. The molecule has 0 rings (SSSR count). The molecule has 0 aromatic rings. The number of hydrogen-bond acceptors (Lipinski definition) is 3. The van der Waals surface area contributed by atoms with E-state index in [0.29, 0.717) is 12.8 Å². The summed E-state index contributed by atoms with van der Waals surface area (Å²) >= 11 is 0. The molecule has 0 fully saturated rings. The highest BCUT2D eigenvalue weighted by Gasteiger charge is 2.25. The van der Waals surface area contributed by atoms with Gasteiger partial charge in [0.05, 0.1) is 6.61 Å². The fourth-order valence-electron chi connectivity index (χ4n) is 4.48. The van der Waals surface area contributed by atoms with Gasteiger partial charge >= 0.3 is 0 Å². The average Bonchev–Trinajstić information content (AvgIpc) is 2.82. The van der Waals surface area contributed by atoms with Gasteiger partial charge in [0.2, 0.25) is 5.50 Å². The summed E-state index contributed by atoms with van der Waals surface area (Å²) in [5.74, 6) is 0. The van der Waals surface area contributed by atoms with Crippen LogP contribution < -0.4 is 0 Å². The number of alkyl halides is 1. The van der Waals surface area contributed by atoms with Gasteiger partial charge in [-0.2, -0.15) is 8.42 Å². The van der Waals surface area contributed by atoms with Gasteiger partial charge in [0.25, 0.3) is 10.1 Å². The van der Waals surface area contributed by atoms with Crippen LogP contribution in [0.25, 0.3) is 0 Å². The molecule has 0 amide bonds. The van der Waals surface area contributed by atoms with Gasteiger partial charge in [-0.05, 0) is 19.3 Å². The van der Waals surface area contributed by atoms with E-state index in [1.54, 1.807) is 0 Å². The molecule has 0 N–H and O–H groups in total. The standard InChI is InChI=1S/C29H59FO3S/c1-3-5-7-9-11-13-14-15-16-17-18-19-20-22-24-26-28-33-34(31,32)29(30)27-25-23-21-12-10-8-6-4-2/h29H,3-28H2,1-2H3. The third-order valence-corrected chi connectivity index (χ3v) is 8.20. The fourth-order valence-corrected chi connectivity index (χ4v) is 5.44. The molecule has 0 aliphatic carbocycles. The van der Waals surface area contributed by atoms with Crippen molar-refractivity contribution < 1.29 is 17.0 Å². The molecular formula is C29H59FO3S. The second-order valence-electron chi connectivity index (χ2n) is 10.3. The highest BCUT2D eigenvalue weighted by molar-refractivity contribution is 7.87. The van der Waals surface area contributed by atoms with Crippen LogP contribution in [0.2, 0.25) is 0 Å². The summed E-state index contributed by atoms with van der Waals surface area (Å²) in [5, 5.41) is 0. The Morgan fingerprint density at radius 2 is 0.794 bits per heavy atom. The van der Waals surface area contributed by atoms with Crippen molar-refractivity contribution in [2.45, 2.75) is 180 Å². The third-order valence-electron chi connectivity index (χ3n) is 6.84. The van der Waals surface area contributed by atoms with E-state index < -0.39 is 15.6 Å². The van der Waals surface area contributed by atoms with Crippen molar-refractivity contribution in [3.05, 3.63) is 0 Å². The first-order valence-electron chi connectivity index (χ1n) is 15.1. The molecule has 0 heterocycles. The zero-order valence-electron chi connectivity index (χ0n) is 23.0. The number of rotatable bonds is 28. The zero-order valence-corrected chi connectivity index (χ0v) is 23.8. The van der Waals surface area contributed by atoms with E-state index in [1.807, 2.05) is 0 Å². The molecule has 0 saturated heterocycles. The second-order valence-corrected chi connectivity index (χ2v) is 12.0. The quantitative estimate of drug-likeness (QED) is 0.0782. The summed E-state index contributed by atoms with van der Waals surface area (Å²) < 4.78 is 42.8. The van der Waals surface area contributed by atoms with Crippen molar-refractivity contribution in [3.63, 3.8) is 0 Å². The van der Waals surface area contributed by atoms with E-state index in [2.05, 4.69) is 13.8 Å². The molecule has 0 aliphatic rings. The van der Waals surface area contributed by atoms with Crippen molar-refractivity contribution in [3.8, 4) is 0 Å². The van der Waals surface area contributed by atoms with Gasteiger partial charge in [-0.3, -0.25) is 4.18 Å². The van der Waals surface area contributed by atoms with Gasteiger partial charge in [-0.1, -0.05) is 155 Å². The fraction of sp³-hybridized carbons (Fsp3) is 1.00. The Morgan fingerprint density at radius 3 is 1.15 bits per heavy atom. The molecular weight excluding hydrogens is 447 g/mol. The molecule has 1 unspecified atom stereocenters. The van der Waals surface area contributed by atoms with Crippen LogP contribution in [-0.2, 0) is 14.3 Å². The zero-order chi connectivity index (χ0) is 25.2. The highest BCUT2D eigenvalue weighted by Crippen LogP contribution is 2.18. The monoisotopic (exact) mass is 506 g/mol. The van der Waals surface area contributed by atoms with Gasteiger partial charge < -0.3 is 0 Å². The Kier molecular flexibility index (Phi) is 25.8. The van der Waals surface area contributed by atoms with Crippen LogP contribution in [-0.4, -0.2) is 20.5 Å². The minimum absolute atomic E-state index is 0.0657. The Labute approximate surface area is 213 Å². The van der Waals surface area contributed by atoms with Crippen molar-refractivity contribution in [2.75, 3.05) is 6.61 Å². The SMILES string of the molecule is CCCCCCCCCCCCCCCCCCOS(=O)(=O)C(F)CCCCCCCCCC. The molecule has 3 nitrogen and oxygen atoms in total. The first kappa shape index (κ1) is 33.8. The average molecular weight is 507 g/mol. The Morgan fingerprint density at radius 1 is 0.500 bits per heavy atom. The molecule has 0 radical (unpaired) electrons. The lowest BCUT2D eigenvalue weighted by Crippen LogP contribution is -2.19. The van der Waals surface area contributed by atoms with Crippen LogP contribution in [0.15, 0.2) is 0 Å². The lowest BCUT2D eigenvalue weighted by molar-refractivity contribution is 0.270. The van der Waals surface area contributed by atoms with Crippen molar-refractivity contribution in [2.24, 2.45) is 0 Å². The summed E-state index contributed by atoms with van der Waals surface area (Å²) in [7, 11) is -4.05. The van der Waals surface area contributed by atoms with E-state index in [0.717, 1.165) is 25.7 Å². The van der Waals surface area contributed by atoms with Crippen molar-refractivity contribution >= 4 is 10.1 Å². The molecule has 0 spiro atoms. The molecule has 5 heteroatoms. The van der Waals surface area contributed by atoms with Gasteiger partial charge in [0.15, 0.2) is 0 Å². The van der Waals surface area contributed by atoms with E-state index in [1.165, 1.54) is 116 Å². The molecule has 0 aromatic heterocycles. The molecule has 206 valence electrons. The summed E-state index contributed by atoms with van der Waals surface area (Å²) in [6.45, 7) is 4.59. The second kappa shape index (κ2) is 25.9. The Balaban J connectivity index is 3.41. The van der Waals surface area contributed by atoms with Gasteiger partial charge in [0.1, 0.15) is 0 Å². The molecule has 1 atom stereocenters. The summed E-state index contributed by atoms with van der Waals surface area (Å²) in [6, 6.07) is 0. The van der Waals surface area contributed by atoms with Crippen LogP contribution in [0, 0.1) is 0 Å². The number of unbranched alkanes of at least 4 members (excludes halogenated alkanes) is 22. The van der Waals surface area contributed by atoms with Crippen LogP contribution in [0.1, 0.15) is 174 Å². The van der Waals surface area contributed by atoms with Gasteiger partial charge in [0, 0.05) is 0 Å². The third kappa shape index (κ3) is 23.6. The van der Waals surface area contributed by atoms with Crippen molar-refractivity contribution in [1.29, 1.82) is 0 Å². The van der Waals surface area contributed by atoms with E-state index in [-0.39, 0.29) is 13.0 Å². The summed E-state index contributed by atoms with van der Waals surface area (Å²) in [6.07, 6.45) is 29.2. The van der Waals surface area contributed by atoms with Gasteiger partial charge in [-0.15, -0.1) is 0 Å².